The summed E-state index contributed by atoms with van der Waals surface area (Å²) in [7, 11) is 0. The van der Waals surface area contributed by atoms with Gasteiger partial charge < -0.3 is 14.0 Å². The predicted octanol–water partition coefficient (Wildman–Crippen LogP) is 10.1. The number of aryl methyl sites for hydroxylation is 2. The Kier molecular flexibility index (Phi) is 8.21. The van der Waals surface area contributed by atoms with Gasteiger partial charge in [-0.25, -0.2) is 0 Å². The van der Waals surface area contributed by atoms with Gasteiger partial charge in [-0.15, -0.1) is 54.1 Å². The molecule has 47 heavy (non-hydrogen) atoms. The van der Waals surface area contributed by atoms with E-state index in [1.54, 1.807) is 6.20 Å². The molecular formula is C41H28IrN4O-2. The van der Waals surface area contributed by atoms with Crippen LogP contribution in [0.15, 0.2) is 138 Å². The molecule has 4 aromatic heterocycles. The number of para-hydroxylation sites is 1. The topological polar surface area (TPSA) is 56.7 Å². The van der Waals surface area contributed by atoms with Gasteiger partial charge in [0.05, 0.1) is 28.1 Å². The van der Waals surface area contributed by atoms with Crippen molar-refractivity contribution in [1.82, 2.24) is 19.5 Å². The minimum atomic E-state index is 0. The molecule has 0 unspecified atom stereocenters. The molecule has 1 radical (unpaired) electrons. The summed E-state index contributed by atoms with van der Waals surface area (Å²) in [6.45, 7) is 4.03. The van der Waals surface area contributed by atoms with Gasteiger partial charge >= 0.3 is 0 Å². The van der Waals surface area contributed by atoms with Crippen LogP contribution in [0.1, 0.15) is 11.4 Å². The number of hydrogen-bond donors (Lipinski definition) is 0. The Morgan fingerprint density at radius 3 is 2.26 bits per heavy atom. The monoisotopic (exact) mass is 785 g/mol. The number of pyridine rings is 2. The van der Waals surface area contributed by atoms with Crippen molar-refractivity contribution in [2.24, 2.45) is 0 Å². The van der Waals surface area contributed by atoms with Crippen LogP contribution < -0.4 is 0 Å². The molecule has 9 aromatic rings. The first-order valence-electron chi connectivity index (χ1n) is 15.2. The van der Waals surface area contributed by atoms with Gasteiger partial charge in [-0.3, -0.25) is 9.97 Å². The van der Waals surface area contributed by atoms with Crippen molar-refractivity contribution in [2.75, 3.05) is 0 Å². The van der Waals surface area contributed by atoms with Gasteiger partial charge in [0.1, 0.15) is 5.58 Å². The van der Waals surface area contributed by atoms with Crippen molar-refractivity contribution in [1.29, 1.82) is 0 Å². The summed E-state index contributed by atoms with van der Waals surface area (Å²) in [6, 6.07) is 49.3. The van der Waals surface area contributed by atoms with Crippen molar-refractivity contribution in [3.8, 4) is 28.3 Å². The van der Waals surface area contributed by atoms with Crippen molar-refractivity contribution in [3.05, 3.63) is 157 Å². The number of nitrogens with zero attached hydrogens (tertiary/aromatic N) is 4. The van der Waals surface area contributed by atoms with Crippen LogP contribution in [0.25, 0.3) is 72.1 Å². The standard InChI is InChI=1S/C30H20N3O.C11H8N.Ir/c1-18-17-26-27(19(2)31-18)32-30(33(26)21-10-4-3-5-11-21)25-14-8-13-23-24-16-15-20-9-6-7-12-22(20)28(24)34-29(23)25;1-2-6-10(7-3-1)11-8-4-5-9-12-11;/h3-13,15-17H,1-2H3;1-6,8-9H;/q2*-1;. The molecule has 0 spiro atoms. The number of hydrogen-bond acceptors (Lipinski definition) is 4. The Hall–Kier alpha value is -5.42. The van der Waals surface area contributed by atoms with Crippen LogP contribution in [-0.2, 0) is 20.1 Å². The summed E-state index contributed by atoms with van der Waals surface area (Å²) in [6.07, 6.45) is 1.79. The van der Waals surface area contributed by atoms with E-state index in [4.69, 9.17) is 9.40 Å². The Labute approximate surface area is 285 Å². The van der Waals surface area contributed by atoms with Crippen LogP contribution >= 0.6 is 0 Å². The molecule has 0 saturated heterocycles. The van der Waals surface area contributed by atoms with Crippen molar-refractivity contribution < 1.29 is 24.5 Å². The van der Waals surface area contributed by atoms with Crippen LogP contribution in [0.4, 0.5) is 0 Å². The van der Waals surface area contributed by atoms with Crippen LogP contribution in [0.3, 0.4) is 0 Å². The Morgan fingerprint density at radius 1 is 0.660 bits per heavy atom. The SMILES string of the molecule is Cc1cc2c(nc(-c3[c-]ccc4c3oc3c5ccccc5ccc43)n2-c2ccccc2)c(C)n1.[Ir].[c-]1ccccc1-c1ccccn1. The summed E-state index contributed by atoms with van der Waals surface area (Å²) in [5.41, 5.74) is 9.37. The zero-order valence-electron chi connectivity index (χ0n) is 25.7. The second-order valence-electron chi connectivity index (χ2n) is 11.2. The first-order chi connectivity index (χ1) is 22.7. The third-order valence-electron chi connectivity index (χ3n) is 8.16. The van der Waals surface area contributed by atoms with E-state index in [9.17, 15) is 0 Å². The Morgan fingerprint density at radius 2 is 1.45 bits per heavy atom. The van der Waals surface area contributed by atoms with E-state index in [1.807, 2.05) is 80.6 Å². The van der Waals surface area contributed by atoms with Gasteiger partial charge in [0.2, 0.25) is 0 Å². The molecule has 5 nitrogen and oxygen atoms in total. The average molecular weight is 785 g/mol. The van der Waals surface area contributed by atoms with Gasteiger partial charge in [0, 0.05) is 48.5 Å². The number of furan rings is 1. The summed E-state index contributed by atoms with van der Waals surface area (Å²) in [5, 5.41) is 4.43. The quantitative estimate of drug-likeness (QED) is 0.168. The Bertz CT molecular complexity index is 2450. The zero-order chi connectivity index (χ0) is 31.0. The largest absolute Gasteiger partial charge is 0.500 e. The molecule has 5 aromatic carbocycles. The predicted molar refractivity (Wildman–Crippen MR) is 186 cm³/mol. The molecule has 0 amide bonds. The fourth-order valence-electron chi connectivity index (χ4n) is 6.10. The van der Waals surface area contributed by atoms with E-state index < -0.39 is 0 Å². The van der Waals surface area contributed by atoms with Crippen LogP contribution in [0.5, 0.6) is 0 Å². The average Bonchev–Trinajstić information content (AvgIpc) is 3.69. The second-order valence-corrected chi connectivity index (χ2v) is 11.2. The number of benzene rings is 5. The molecule has 0 atom stereocenters. The normalized spacial score (nSPS) is 11.0. The maximum absolute atomic E-state index is 6.59. The molecule has 0 saturated carbocycles. The maximum Gasteiger partial charge on any atom is 0.128 e. The van der Waals surface area contributed by atoms with Crippen LogP contribution in [0.2, 0.25) is 0 Å². The molecule has 0 bridgehead atoms. The number of aromatic nitrogens is 4. The van der Waals surface area contributed by atoms with E-state index in [-0.39, 0.29) is 20.1 Å². The van der Waals surface area contributed by atoms with Crippen molar-refractivity contribution >= 4 is 43.7 Å². The fraction of sp³-hybridized carbons (Fsp3) is 0.0488. The number of rotatable bonds is 3. The molecule has 0 aliphatic rings. The third-order valence-corrected chi connectivity index (χ3v) is 8.16. The van der Waals surface area contributed by atoms with Crippen LogP contribution in [-0.4, -0.2) is 19.5 Å². The minimum absolute atomic E-state index is 0. The van der Waals surface area contributed by atoms with E-state index in [0.29, 0.717) is 0 Å². The molecule has 0 aliphatic carbocycles. The second kappa shape index (κ2) is 12.8. The molecule has 0 N–H and O–H groups in total. The van der Waals surface area contributed by atoms with E-state index in [1.165, 1.54) is 0 Å². The van der Waals surface area contributed by atoms with E-state index in [2.05, 4.69) is 87.3 Å². The number of fused-ring (bicyclic) bond motifs is 6. The minimum Gasteiger partial charge on any atom is -0.500 e. The molecule has 6 heteroatoms. The summed E-state index contributed by atoms with van der Waals surface area (Å²) in [5.74, 6) is 0.797. The molecule has 4 heterocycles. The maximum atomic E-state index is 6.59. The molecule has 9 rings (SSSR count). The Balaban J connectivity index is 0.000000228. The molecule has 229 valence electrons. The van der Waals surface area contributed by atoms with Gasteiger partial charge in [0.15, 0.2) is 0 Å². The summed E-state index contributed by atoms with van der Waals surface area (Å²) >= 11 is 0. The van der Waals surface area contributed by atoms with Gasteiger partial charge in [-0.1, -0.05) is 77.7 Å². The van der Waals surface area contributed by atoms with Crippen LogP contribution in [0, 0.1) is 26.0 Å². The van der Waals surface area contributed by atoms with Crippen molar-refractivity contribution in [2.45, 2.75) is 13.8 Å². The van der Waals surface area contributed by atoms with Gasteiger partial charge in [-0.05, 0) is 49.2 Å². The van der Waals surface area contributed by atoms with E-state index in [0.717, 1.165) is 83.5 Å². The van der Waals surface area contributed by atoms with Gasteiger partial charge in [-0.2, -0.15) is 0 Å². The first kappa shape index (κ1) is 30.2. The summed E-state index contributed by atoms with van der Waals surface area (Å²) < 4.78 is 8.78. The zero-order valence-corrected chi connectivity index (χ0v) is 28.1. The number of imidazole rings is 1. The smallest absolute Gasteiger partial charge is 0.128 e. The van der Waals surface area contributed by atoms with Gasteiger partial charge in [0.25, 0.3) is 0 Å². The fourth-order valence-corrected chi connectivity index (χ4v) is 6.10. The molecular weight excluding hydrogens is 757 g/mol. The first-order valence-corrected chi connectivity index (χ1v) is 15.2. The molecule has 0 fully saturated rings. The summed E-state index contributed by atoms with van der Waals surface area (Å²) in [4.78, 5) is 14.0. The third kappa shape index (κ3) is 5.52. The van der Waals surface area contributed by atoms with E-state index >= 15 is 0 Å². The molecule has 0 aliphatic heterocycles. The van der Waals surface area contributed by atoms with Crippen molar-refractivity contribution in [3.63, 3.8) is 0 Å².